The summed E-state index contributed by atoms with van der Waals surface area (Å²) in [6.45, 7) is 8.03. The Kier molecular flexibility index (Phi) is 5.71. The molecule has 0 fully saturated rings. The molecule has 0 N–H and O–H groups in total. The van der Waals surface area contributed by atoms with Gasteiger partial charge in [0.1, 0.15) is 0 Å². The van der Waals surface area contributed by atoms with Gasteiger partial charge < -0.3 is 9.64 Å². The van der Waals surface area contributed by atoms with E-state index in [2.05, 4.69) is 4.74 Å². The van der Waals surface area contributed by atoms with Crippen LogP contribution in [-0.4, -0.2) is 41.3 Å². The summed E-state index contributed by atoms with van der Waals surface area (Å²) >= 11 is 0. The molecule has 0 aliphatic rings. The largest absolute Gasteiger partial charge is 0.457 e. The second-order valence-electron chi connectivity index (χ2n) is 4.10. The molecule has 0 heterocycles. The first-order valence-electron chi connectivity index (χ1n) is 5.26. The summed E-state index contributed by atoms with van der Waals surface area (Å²) in [7, 11) is 0. The number of carbonyl (C=O) groups excluding carboxylic acids is 3. The van der Waals surface area contributed by atoms with Crippen LogP contribution in [0.2, 0.25) is 0 Å². The molecule has 92 valence electrons. The van der Waals surface area contributed by atoms with Gasteiger partial charge in [0.05, 0.1) is 0 Å². The van der Waals surface area contributed by atoms with E-state index in [1.807, 2.05) is 27.7 Å². The molecule has 0 aliphatic heterocycles. The number of rotatable bonds is 5. The van der Waals surface area contributed by atoms with Gasteiger partial charge in [0.15, 0.2) is 6.61 Å². The number of carbonyl (C=O) groups is 3. The molecule has 5 nitrogen and oxygen atoms in total. The third kappa shape index (κ3) is 4.42. The van der Waals surface area contributed by atoms with Gasteiger partial charge in [-0.05, 0) is 27.7 Å². The lowest BCUT2D eigenvalue weighted by Gasteiger charge is -2.29. The van der Waals surface area contributed by atoms with E-state index < -0.39 is 24.3 Å². The maximum absolute atomic E-state index is 11.7. The topological polar surface area (TPSA) is 63.7 Å². The fourth-order valence-electron chi connectivity index (χ4n) is 1.44. The Balaban J connectivity index is 4.50. The number of esters is 1. The maximum atomic E-state index is 11.7. The van der Waals surface area contributed by atoms with Gasteiger partial charge in [-0.2, -0.15) is 0 Å². The summed E-state index contributed by atoms with van der Waals surface area (Å²) in [5, 5.41) is 0. The molecule has 0 aromatic heterocycles. The lowest BCUT2D eigenvalue weighted by Crippen LogP contribution is -2.46. The molecule has 0 saturated heterocycles. The predicted octanol–water partition coefficient (Wildman–Crippen LogP) is 0.764. The SMILES string of the molecule is CC(=O)OCC(=O)C(=O)N(C(C)C)C(C)C. The van der Waals surface area contributed by atoms with Gasteiger partial charge in [0.25, 0.3) is 11.7 Å². The van der Waals surface area contributed by atoms with E-state index in [0.717, 1.165) is 0 Å². The van der Waals surface area contributed by atoms with Crippen LogP contribution in [0, 0.1) is 0 Å². The highest BCUT2D eigenvalue weighted by Crippen LogP contribution is 2.06. The highest BCUT2D eigenvalue weighted by Gasteiger charge is 2.26. The van der Waals surface area contributed by atoms with Crippen molar-refractivity contribution < 1.29 is 19.1 Å². The third-order valence-corrected chi connectivity index (χ3v) is 1.99. The van der Waals surface area contributed by atoms with Crippen LogP contribution < -0.4 is 0 Å². The van der Waals surface area contributed by atoms with Crippen molar-refractivity contribution in [3.8, 4) is 0 Å². The standard InChI is InChI=1S/C11H19NO4/c1-7(2)12(8(3)4)11(15)10(14)6-16-9(5)13/h7-8H,6H2,1-5H3. The van der Waals surface area contributed by atoms with Crippen LogP contribution >= 0.6 is 0 Å². The molecule has 0 aromatic carbocycles. The molecular formula is C11H19NO4. The Hall–Kier alpha value is -1.39. The highest BCUT2D eigenvalue weighted by atomic mass is 16.5. The van der Waals surface area contributed by atoms with E-state index in [1.54, 1.807) is 0 Å². The van der Waals surface area contributed by atoms with Crippen LogP contribution in [0.1, 0.15) is 34.6 Å². The fourth-order valence-corrected chi connectivity index (χ4v) is 1.44. The molecular weight excluding hydrogens is 210 g/mol. The van der Waals surface area contributed by atoms with Crippen molar-refractivity contribution in [2.75, 3.05) is 6.61 Å². The summed E-state index contributed by atoms with van der Waals surface area (Å²) in [6.07, 6.45) is 0. The molecule has 0 bridgehead atoms. The van der Waals surface area contributed by atoms with Crippen LogP contribution in [0.4, 0.5) is 0 Å². The van der Waals surface area contributed by atoms with Crippen LogP contribution in [0.25, 0.3) is 0 Å². The zero-order valence-electron chi connectivity index (χ0n) is 10.4. The molecule has 0 aromatic rings. The number of ether oxygens (including phenoxy) is 1. The number of ketones is 1. The molecule has 0 atom stereocenters. The minimum Gasteiger partial charge on any atom is -0.457 e. The van der Waals surface area contributed by atoms with E-state index >= 15 is 0 Å². The second-order valence-corrected chi connectivity index (χ2v) is 4.10. The van der Waals surface area contributed by atoms with Crippen molar-refractivity contribution in [2.45, 2.75) is 46.7 Å². The van der Waals surface area contributed by atoms with E-state index in [9.17, 15) is 14.4 Å². The summed E-state index contributed by atoms with van der Waals surface area (Å²) in [5.41, 5.74) is 0. The van der Waals surface area contributed by atoms with Crippen LogP contribution in [0.5, 0.6) is 0 Å². The molecule has 0 aliphatic carbocycles. The minimum absolute atomic E-state index is 0.0613. The number of hydrogen-bond donors (Lipinski definition) is 0. The lowest BCUT2D eigenvalue weighted by molar-refractivity contribution is -0.153. The Morgan fingerprint density at radius 2 is 1.50 bits per heavy atom. The van der Waals surface area contributed by atoms with Gasteiger partial charge in [0, 0.05) is 19.0 Å². The molecule has 0 spiro atoms. The molecule has 0 saturated carbocycles. The fraction of sp³-hybridized carbons (Fsp3) is 0.727. The molecule has 16 heavy (non-hydrogen) atoms. The van der Waals surface area contributed by atoms with E-state index in [1.165, 1.54) is 11.8 Å². The Bertz CT molecular complexity index is 276. The first-order chi connectivity index (χ1) is 7.27. The van der Waals surface area contributed by atoms with Gasteiger partial charge in [0.2, 0.25) is 0 Å². The van der Waals surface area contributed by atoms with Gasteiger partial charge >= 0.3 is 5.97 Å². The van der Waals surface area contributed by atoms with Crippen molar-refractivity contribution in [1.29, 1.82) is 0 Å². The van der Waals surface area contributed by atoms with Crippen molar-refractivity contribution in [3.05, 3.63) is 0 Å². The van der Waals surface area contributed by atoms with Crippen molar-refractivity contribution in [1.82, 2.24) is 4.90 Å². The smallest absolute Gasteiger partial charge is 0.303 e. The van der Waals surface area contributed by atoms with E-state index in [4.69, 9.17) is 0 Å². The van der Waals surface area contributed by atoms with E-state index in [0.29, 0.717) is 0 Å². The monoisotopic (exact) mass is 229 g/mol. The van der Waals surface area contributed by atoms with Crippen molar-refractivity contribution in [2.24, 2.45) is 0 Å². The van der Waals surface area contributed by atoms with Crippen LogP contribution in [0.15, 0.2) is 0 Å². The zero-order valence-corrected chi connectivity index (χ0v) is 10.4. The average Bonchev–Trinajstić information content (AvgIpc) is 2.12. The maximum Gasteiger partial charge on any atom is 0.303 e. The number of Topliss-reactive ketones (excluding diaryl/α,β-unsaturated/α-hetero) is 1. The molecule has 0 rings (SSSR count). The van der Waals surface area contributed by atoms with Gasteiger partial charge in [-0.3, -0.25) is 14.4 Å². The van der Waals surface area contributed by atoms with Gasteiger partial charge in [-0.25, -0.2) is 0 Å². The average molecular weight is 229 g/mol. The number of nitrogens with zero attached hydrogens (tertiary/aromatic N) is 1. The minimum atomic E-state index is -0.697. The van der Waals surface area contributed by atoms with Crippen molar-refractivity contribution >= 4 is 17.7 Å². The van der Waals surface area contributed by atoms with Crippen molar-refractivity contribution in [3.63, 3.8) is 0 Å². The quantitative estimate of drug-likeness (QED) is 0.516. The predicted molar refractivity (Wildman–Crippen MR) is 58.8 cm³/mol. The Labute approximate surface area is 95.7 Å². The van der Waals surface area contributed by atoms with Gasteiger partial charge in [-0.15, -0.1) is 0 Å². The second kappa shape index (κ2) is 6.25. The first-order valence-corrected chi connectivity index (χ1v) is 5.26. The molecule has 0 unspecified atom stereocenters. The summed E-state index contributed by atoms with van der Waals surface area (Å²) in [5.74, 6) is -1.87. The molecule has 1 amide bonds. The molecule has 5 heteroatoms. The third-order valence-electron chi connectivity index (χ3n) is 1.99. The Morgan fingerprint density at radius 3 is 1.81 bits per heavy atom. The molecule has 0 radical (unpaired) electrons. The number of amides is 1. The van der Waals surface area contributed by atoms with Crippen LogP contribution in [-0.2, 0) is 19.1 Å². The summed E-state index contributed by atoms with van der Waals surface area (Å²) in [4.78, 5) is 35.1. The highest BCUT2D eigenvalue weighted by molar-refractivity contribution is 6.36. The normalized spacial score (nSPS) is 10.4. The lowest BCUT2D eigenvalue weighted by atomic mass is 10.2. The summed E-state index contributed by atoms with van der Waals surface area (Å²) < 4.78 is 4.50. The number of hydrogen-bond acceptors (Lipinski definition) is 4. The zero-order chi connectivity index (χ0) is 12.9. The Morgan fingerprint density at radius 1 is 1.06 bits per heavy atom. The first kappa shape index (κ1) is 14.6. The van der Waals surface area contributed by atoms with Crippen LogP contribution in [0.3, 0.4) is 0 Å². The van der Waals surface area contributed by atoms with Gasteiger partial charge in [-0.1, -0.05) is 0 Å². The summed E-state index contributed by atoms with van der Waals surface area (Å²) in [6, 6.07) is -0.123. The van der Waals surface area contributed by atoms with E-state index in [-0.39, 0.29) is 12.1 Å².